The number of hydrogen-bond donors (Lipinski definition) is 3. The molecule has 2 atom stereocenters. The van der Waals surface area contributed by atoms with Gasteiger partial charge in [-0.25, -0.2) is 4.39 Å². The first-order valence-electron chi connectivity index (χ1n) is 10.4. The molecule has 168 valence electrons. The first-order valence-corrected chi connectivity index (χ1v) is 11.6. The van der Waals surface area contributed by atoms with Crippen LogP contribution in [-0.4, -0.2) is 38.5 Å². The van der Waals surface area contributed by atoms with Gasteiger partial charge in [-0.3, -0.25) is 9.78 Å². The van der Waals surface area contributed by atoms with Crippen molar-refractivity contribution in [3.05, 3.63) is 57.3 Å². The Balaban J connectivity index is 1.83. The van der Waals surface area contributed by atoms with Gasteiger partial charge in [0.05, 0.1) is 39.6 Å². The number of aliphatic hydroxyl groups excluding tert-OH is 2. The number of benzene rings is 1. The molecule has 4 rings (SSSR count). The standard InChI is InChI=1S/C24H23ClFNO4S/c1-12-11-32-24-21(17-6-4-14(26)8-19(17)25)18(23(13-2-3-13)27-22(12)24)7-5-15(28)9-16(29)10-20(30)31/h4-8,11,13,15-16,28-29H,2-3,9-10H2,1H3,(H,30,31)/b7-5+/t15-,16-/m1/s1. The quantitative estimate of drug-likeness (QED) is 0.398. The SMILES string of the molecule is Cc1csc2c(-c3ccc(F)cc3Cl)c(/C=C/[C@@H](O)C[C@@H](O)CC(=O)O)c(C3CC3)nc12. The van der Waals surface area contributed by atoms with Crippen LogP contribution >= 0.6 is 22.9 Å². The molecule has 0 bridgehead atoms. The van der Waals surface area contributed by atoms with Crippen molar-refractivity contribution in [2.75, 3.05) is 0 Å². The molecule has 0 unspecified atom stereocenters. The van der Waals surface area contributed by atoms with Gasteiger partial charge in [0, 0.05) is 29.0 Å². The lowest BCUT2D eigenvalue weighted by Crippen LogP contribution is -2.19. The van der Waals surface area contributed by atoms with E-state index in [9.17, 15) is 19.4 Å². The number of fused-ring (bicyclic) bond motifs is 1. The molecule has 0 radical (unpaired) electrons. The molecule has 3 N–H and O–H groups in total. The van der Waals surface area contributed by atoms with Gasteiger partial charge in [-0.15, -0.1) is 11.3 Å². The number of rotatable bonds is 8. The van der Waals surface area contributed by atoms with Crippen LogP contribution in [0.15, 0.2) is 29.7 Å². The normalized spacial score (nSPS) is 16.0. The van der Waals surface area contributed by atoms with Crippen LogP contribution in [0.1, 0.15) is 48.4 Å². The topological polar surface area (TPSA) is 90.7 Å². The van der Waals surface area contributed by atoms with Crippen LogP contribution < -0.4 is 0 Å². The van der Waals surface area contributed by atoms with E-state index < -0.39 is 30.4 Å². The molecule has 0 spiro atoms. The summed E-state index contributed by atoms with van der Waals surface area (Å²) in [5.74, 6) is -1.25. The predicted molar refractivity (Wildman–Crippen MR) is 125 cm³/mol. The molecule has 1 aromatic carbocycles. The van der Waals surface area contributed by atoms with Gasteiger partial charge < -0.3 is 15.3 Å². The lowest BCUT2D eigenvalue weighted by Gasteiger charge is -2.16. The smallest absolute Gasteiger partial charge is 0.305 e. The average Bonchev–Trinajstić information content (AvgIpc) is 3.48. The fourth-order valence-corrected chi connectivity index (χ4v) is 5.16. The summed E-state index contributed by atoms with van der Waals surface area (Å²) in [6.07, 6.45) is 2.62. The third-order valence-corrected chi connectivity index (χ3v) is 6.94. The summed E-state index contributed by atoms with van der Waals surface area (Å²) in [4.78, 5) is 15.7. The van der Waals surface area contributed by atoms with Crippen molar-refractivity contribution in [2.24, 2.45) is 0 Å². The van der Waals surface area contributed by atoms with E-state index in [2.05, 4.69) is 0 Å². The van der Waals surface area contributed by atoms with Gasteiger partial charge in [0.1, 0.15) is 5.82 Å². The van der Waals surface area contributed by atoms with Crippen molar-refractivity contribution in [3.8, 4) is 11.1 Å². The second-order valence-electron chi connectivity index (χ2n) is 8.19. The number of carboxylic acids is 1. The first kappa shape index (κ1) is 22.9. The maximum absolute atomic E-state index is 13.8. The summed E-state index contributed by atoms with van der Waals surface area (Å²) in [5.41, 5.74) is 5.19. The third kappa shape index (κ3) is 4.86. The molecular formula is C24H23ClFNO4S. The monoisotopic (exact) mass is 475 g/mol. The van der Waals surface area contributed by atoms with Crippen molar-refractivity contribution in [2.45, 2.75) is 50.7 Å². The van der Waals surface area contributed by atoms with Crippen LogP contribution in [0.2, 0.25) is 5.02 Å². The fraction of sp³-hybridized carbons (Fsp3) is 0.333. The highest BCUT2D eigenvalue weighted by atomic mass is 35.5. The van der Waals surface area contributed by atoms with Crippen molar-refractivity contribution < 1.29 is 24.5 Å². The van der Waals surface area contributed by atoms with E-state index in [1.807, 2.05) is 12.3 Å². The molecule has 2 aromatic heterocycles. The Labute approximate surface area is 193 Å². The predicted octanol–water partition coefficient (Wildman–Crippen LogP) is 5.54. The van der Waals surface area contributed by atoms with Gasteiger partial charge in [-0.1, -0.05) is 23.8 Å². The van der Waals surface area contributed by atoms with Crippen LogP contribution in [0.5, 0.6) is 0 Å². The Kier molecular flexibility index (Phi) is 6.62. The third-order valence-electron chi connectivity index (χ3n) is 5.52. The van der Waals surface area contributed by atoms with Crippen molar-refractivity contribution in [1.29, 1.82) is 0 Å². The lowest BCUT2D eigenvalue weighted by molar-refractivity contribution is -0.139. The number of hydrogen-bond acceptors (Lipinski definition) is 5. The van der Waals surface area contributed by atoms with Crippen LogP contribution in [0, 0.1) is 12.7 Å². The van der Waals surface area contributed by atoms with E-state index in [4.69, 9.17) is 21.7 Å². The number of carboxylic acid groups (broad SMARTS) is 1. The van der Waals surface area contributed by atoms with E-state index in [0.717, 1.165) is 45.4 Å². The second kappa shape index (κ2) is 9.27. The van der Waals surface area contributed by atoms with Gasteiger partial charge >= 0.3 is 5.97 Å². The molecule has 5 nitrogen and oxygen atoms in total. The van der Waals surface area contributed by atoms with Gasteiger partial charge in [0.15, 0.2) is 0 Å². The van der Waals surface area contributed by atoms with Gasteiger partial charge in [0.25, 0.3) is 0 Å². The Hall–Kier alpha value is -2.32. The second-order valence-corrected chi connectivity index (χ2v) is 9.48. The molecule has 8 heteroatoms. The Morgan fingerprint density at radius 1 is 1.38 bits per heavy atom. The zero-order valence-electron chi connectivity index (χ0n) is 17.4. The molecule has 1 aliphatic rings. The number of aromatic nitrogens is 1. The molecule has 1 saturated carbocycles. The number of aliphatic hydroxyl groups is 2. The van der Waals surface area contributed by atoms with E-state index in [1.54, 1.807) is 18.2 Å². The molecule has 1 aliphatic carbocycles. The zero-order chi connectivity index (χ0) is 23.0. The van der Waals surface area contributed by atoms with E-state index in [1.165, 1.54) is 23.5 Å². The van der Waals surface area contributed by atoms with Gasteiger partial charge in [-0.2, -0.15) is 0 Å². The first-order chi connectivity index (χ1) is 15.2. The van der Waals surface area contributed by atoms with E-state index >= 15 is 0 Å². The zero-order valence-corrected chi connectivity index (χ0v) is 19.0. The Morgan fingerprint density at radius 3 is 2.78 bits per heavy atom. The number of halogens is 2. The van der Waals surface area contributed by atoms with Crippen LogP contribution in [0.25, 0.3) is 27.4 Å². The summed E-state index contributed by atoms with van der Waals surface area (Å²) in [5, 5.41) is 31.3. The lowest BCUT2D eigenvalue weighted by atomic mass is 9.94. The Bertz CT molecular complexity index is 1200. The summed E-state index contributed by atoms with van der Waals surface area (Å²) in [6.45, 7) is 2.00. The number of aryl methyl sites for hydroxylation is 1. The molecule has 3 aromatic rings. The molecule has 0 aliphatic heterocycles. The molecule has 1 fully saturated rings. The summed E-state index contributed by atoms with van der Waals surface area (Å²) >= 11 is 7.99. The largest absolute Gasteiger partial charge is 0.481 e. The Morgan fingerprint density at radius 2 is 2.12 bits per heavy atom. The number of nitrogens with zero attached hydrogens (tertiary/aromatic N) is 1. The highest BCUT2D eigenvalue weighted by Gasteiger charge is 2.30. The van der Waals surface area contributed by atoms with Gasteiger partial charge in [-0.05, 0) is 48.9 Å². The van der Waals surface area contributed by atoms with Crippen molar-refractivity contribution in [1.82, 2.24) is 4.98 Å². The molecule has 2 heterocycles. The number of carbonyl (C=O) groups is 1. The molecule has 32 heavy (non-hydrogen) atoms. The minimum atomic E-state index is -1.15. The maximum Gasteiger partial charge on any atom is 0.305 e. The maximum atomic E-state index is 13.8. The van der Waals surface area contributed by atoms with Crippen LogP contribution in [0.3, 0.4) is 0 Å². The van der Waals surface area contributed by atoms with Crippen molar-refractivity contribution >= 4 is 45.2 Å². The number of thiophene rings is 1. The fourth-order valence-electron chi connectivity index (χ4n) is 3.83. The number of pyridine rings is 1. The van der Waals surface area contributed by atoms with Crippen molar-refractivity contribution in [3.63, 3.8) is 0 Å². The summed E-state index contributed by atoms with van der Waals surface area (Å²) in [7, 11) is 0. The van der Waals surface area contributed by atoms with E-state index in [0.29, 0.717) is 11.5 Å². The minimum absolute atomic E-state index is 0.0953. The van der Waals surface area contributed by atoms with E-state index in [-0.39, 0.29) is 11.4 Å². The summed E-state index contributed by atoms with van der Waals surface area (Å²) in [6, 6.07) is 4.31. The minimum Gasteiger partial charge on any atom is -0.481 e. The van der Waals surface area contributed by atoms with Crippen LogP contribution in [0.4, 0.5) is 4.39 Å². The van der Waals surface area contributed by atoms with Crippen LogP contribution in [-0.2, 0) is 4.79 Å². The average molecular weight is 476 g/mol. The molecule has 0 amide bonds. The molecule has 0 saturated heterocycles. The highest BCUT2D eigenvalue weighted by Crippen LogP contribution is 2.48. The highest BCUT2D eigenvalue weighted by molar-refractivity contribution is 7.18. The molecular weight excluding hydrogens is 453 g/mol. The van der Waals surface area contributed by atoms with Gasteiger partial charge in [0.2, 0.25) is 0 Å². The summed E-state index contributed by atoms with van der Waals surface area (Å²) < 4.78 is 14.7. The number of aliphatic carboxylic acids is 1.